The average Bonchev–Trinajstić information content (AvgIpc) is 3.39. The van der Waals surface area contributed by atoms with Gasteiger partial charge in [-0.05, 0) is 37.2 Å². The lowest BCUT2D eigenvalue weighted by Crippen LogP contribution is -2.34. The van der Waals surface area contributed by atoms with Crippen molar-refractivity contribution in [3.05, 3.63) is 65.7 Å². The van der Waals surface area contributed by atoms with Crippen LogP contribution in [-0.4, -0.2) is 43.5 Å². The minimum absolute atomic E-state index is 0.123. The Morgan fingerprint density at radius 1 is 1.21 bits per heavy atom. The molecule has 4 rings (SSSR count). The van der Waals surface area contributed by atoms with E-state index < -0.39 is 0 Å². The molecule has 7 nitrogen and oxygen atoms in total. The number of rotatable bonds is 7. The van der Waals surface area contributed by atoms with Crippen molar-refractivity contribution < 1.29 is 4.79 Å². The molecule has 0 saturated heterocycles. The van der Waals surface area contributed by atoms with E-state index in [0.717, 1.165) is 37.6 Å². The Hall–Kier alpha value is -2.93. The first-order valence-corrected chi connectivity index (χ1v) is 9.90. The zero-order valence-corrected chi connectivity index (χ0v) is 16.2. The summed E-state index contributed by atoms with van der Waals surface area (Å²) in [4.78, 5) is 15.2. The fourth-order valence-electron chi connectivity index (χ4n) is 3.58. The van der Waals surface area contributed by atoms with E-state index in [2.05, 4.69) is 38.1 Å². The molecule has 3 heterocycles. The molecule has 2 aromatic heterocycles. The standard InChI is InChI=1S/C21H26N6O/c1-2-3-10-25-12-13-26-18(16-25)14-17(24-26)15-22-21(28)19-7-4-5-8-20(19)27-11-6-9-23-27/h4-9,11,14H,2-3,10,12-13,15-16H2,1H3,(H,22,28). The SMILES string of the molecule is CCCCN1CCn2nc(CNC(=O)c3ccccc3-n3cccn3)cc2C1. The Kier molecular flexibility index (Phi) is 5.53. The number of benzene rings is 1. The van der Waals surface area contributed by atoms with E-state index in [4.69, 9.17) is 0 Å². The number of nitrogens with zero attached hydrogens (tertiary/aromatic N) is 5. The van der Waals surface area contributed by atoms with Crippen LogP contribution in [0.2, 0.25) is 0 Å². The zero-order valence-electron chi connectivity index (χ0n) is 16.2. The van der Waals surface area contributed by atoms with Crippen LogP contribution in [0.3, 0.4) is 0 Å². The fraction of sp³-hybridized carbons (Fsp3) is 0.381. The van der Waals surface area contributed by atoms with Crippen molar-refractivity contribution >= 4 is 5.91 Å². The number of aromatic nitrogens is 4. The van der Waals surface area contributed by atoms with Gasteiger partial charge in [-0.1, -0.05) is 25.5 Å². The zero-order chi connectivity index (χ0) is 19.3. The summed E-state index contributed by atoms with van der Waals surface area (Å²) < 4.78 is 3.77. The Morgan fingerprint density at radius 2 is 2.11 bits per heavy atom. The second-order valence-corrected chi connectivity index (χ2v) is 7.13. The van der Waals surface area contributed by atoms with Gasteiger partial charge in [-0.3, -0.25) is 14.4 Å². The predicted octanol–water partition coefficient (Wildman–Crippen LogP) is 2.61. The summed E-state index contributed by atoms with van der Waals surface area (Å²) in [7, 11) is 0. The second kappa shape index (κ2) is 8.39. The molecule has 0 spiro atoms. The number of hydrogen-bond acceptors (Lipinski definition) is 4. The van der Waals surface area contributed by atoms with Gasteiger partial charge in [0.1, 0.15) is 0 Å². The van der Waals surface area contributed by atoms with Gasteiger partial charge in [0, 0.05) is 25.5 Å². The minimum Gasteiger partial charge on any atom is -0.346 e. The maximum atomic E-state index is 12.8. The van der Waals surface area contributed by atoms with E-state index in [0.29, 0.717) is 12.1 Å². The molecule has 0 atom stereocenters. The molecule has 1 N–H and O–H groups in total. The van der Waals surface area contributed by atoms with Crippen molar-refractivity contribution in [1.29, 1.82) is 0 Å². The molecule has 0 aliphatic carbocycles. The van der Waals surface area contributed by atoms with Crippen LogP contribution in [0.25, 0.3) is 5.69 Å². The van der Waals surface area contributed by atoms with E-state index in [9.17, 15) is 4.79 Å². The van der Waals surface area contributed by atoms with E-state index in [1.807, 2.05) is 36.5 Å². The Labute approximate surface area is 165 Å². The number of fused-ring (bicyclic) bond motifs is 1. The van der Waals surface area contributed by atoms with Crippen LogP contribution in [-0.2, 0) is 19.6 Å². The second-order valence-electron chi connectivity index (χ2n) is 7.13. The first kappa shape index (κ1) is 18.4. The predicted molar refractivity (Wildman–Crippen MR) is 107 cm³/mol. The third kappa shape index (κ3) is 3.99. The lowest BCUT2D eigenvalue weighted by molar-refractivity contribution is 0.0950. The molecular weight excluding hydrogens is 352 g/mol. The average molecular weight is 378 g/mol. The van der Waals surface area contributed by atoms with Gasteiger partial charge in [0.2, 0.25) is 0 Å². The summed E-state index contributed by atoms with van der Waals surface area (Å²) in [5.74, 6) is -0.123. The van der Waals surface area contributed by atoms with Crippen molar-refractivity contribution in [2.75, 3.05) is 13.1 Å². The van der Waals surface area contributed by atoms with Gasteiger partial charge in [0.25, 0.3) is 5.91 Å². The summed E-state index contributed by atoms with van der Waals surface area (Å²) in [6.07, 6.45) is 5.98. The van der Waals surface area contributed by atoms with Gasteiger partial charge in [-0.25, -0.2) is 4.68 Å². The number of nitrogens with one attached hydrogen (secondary N) is 1. The molecule has 1 amide bonds. The van der Waals surface area contributed by atoms with Crippen molar-refractivity contribution in [3.8, 4) is 5.69 Å². The topological polar surface area (TPSA) is 68.0 Å². The van der Waals surface area contributed by atoms with E-state index >= 15 is 0 Å². The van der Waals surface area contributed by atoms with Crippen molar-refractivity contribution in [3.63, 3.8) is 0 Å². The number of hydrogen-bond donors (Lipinski definition) is 1. The molecule has 3 aromatic rings. The molecule has 28 heavy (non-hydrogen) atoms. The normalized spacial score (nSPS) is 14.0. The summed E-state index contributed by atoms with van der Waals surface area (Å²) in [5, 5.41) is 11.9. The fourth-order valence-corrected chi connectivity index (χ4v) is 3.58. The minimum atomic E-state index is -0.123. The molecule has 146 valence electrons. The smallest absolute Gasteiger partial charge is 0.253 e. The van der Waals surface area contributed by atoms with Crippen molar-refractivity contribution in [2.24, 2.45) is 0 Å². The summed E-state index contributed by atoms with van der Waals surface area (Å²) in [6.45, 7) is 6.66. The van der Waals surface area contributed by atoms with Crippen molar-refractivity contribution in [2.45, 2.75) is 39.4 Å². The lowest BCUT2D eigenvalue weighted by atomic mass is 10.1. The Balaban J connectivity index is 1.41. The number of carbonyl (C=O) groups is 1. The van der Waals surface area contributed by atoms with E-state index in [1.165, 1.54) is 18.5 Å². The summed E-state index contributed by atoms with van der Waals surface area (Å²) in [5.41, 5.74) is 3.49. The van der Waals surface area contributed by atoms with Gasteiger partial charge in [0.15, 0.2) is 0 Å². The maximum Gasteiger partial charge on any atom is 0.253 e. The molecular formula is C21H26N6O. The molecule has 0 bridgehead atoms. The van der Waals surface area contributed by atoms with Gasteiger partial charge >= 0.3 is 0 Å². The Morgan fingerprint density at radius 3 is 2.93 bits per heavy atom. The molecule has 1 aliphatic heterocycles. The first-order chi connectivity index (χ1) is 13.7. The van der Waals surface area contributed by atoms with Crippen LogP contribution in [0.4, 0.5) is 0 Å². The highest BCUT2D eigenvalue weighted by Gasteiger charge is 2.18. The Bertz CT molecular complexity index is 930. The highest BCUT2D eigenvalue weighted by Crippen LogP contribution is 2.16. The third-order valence-electron chi connectivity index (χ3n) is 5.09. The third-order valence-corrected chi connectivity index (χ3v) is 5.09. The number of unbranched alkanes of at least 4 members (excludes halogenated alkanes) is 1. The first-order valence-electron chi connectivity index (χ1n) is 9.90. The molecule has 0 unspecified atom stereocenters. The molecule has 7 heteroatoms. The van der Waals surface area contributed by atoms with Gasteiger partial charge in [-0.15, -0.1) is 0 Å². The molecule has 1 aromatic carbocycles. The van der Waals surface area contributed by atoms with E-state index in [-0.39, 0.29) is 5.91 Å². The number of carbonyl (C=O) groups excluding carboxylic acids is 1. The van der Waals surface area contributed by atoms with Gasteiger partial charge in [0.05, 0.1) is 35.7 Å². The van der Waals surface area contributed by atoms with Crippen LogP contribution >= 0.6 is 0 Å². The van der Waals surface area contributed by atoms with Crippen LogP contribution in [0.5, 0.6) is 0 Å². The highest BCUT2D eigenvalue weighted by molar-refractivity contribution is 5.97. The largest absolute Gasteiger partial charge is 0.346 e. The van der Waals surface area contributed by atoms with Gasteiger partial charge < -0.3 is 5.32 Å². The van der Waals surface area contributed by atoms with Crippen LogP contribution in [0, 0.1) is 0 Å². The number of para-hydroxylation sites is 1. The lowest BCUT2D eigenvalue weighted by Gasteiger charge is -2.27. The monoisotopic (exact) mass is 378 g/mol. The van der Waals surface area contributed by atoms with Gasteiger partial charge in [-0.2, -0.15) is 10.2 Å². The molecule has 0 fully saturated rings. The summed E-state index contributed by atoms with van der Waals surface area (Å²) >= 11 is 0. The van der Waals surface area contributed by atoms with Crippen LogP contribution in [0.1, 0.15) is 41.5 Å². The van der Waals surface area contributed by atoms with Crippen LogP contribution < -0.4 is 5.32 Å². The quantitative estimate of drug-likeness (QED) is 0.686. The molecule has 0 saturated carbocycles. The van der Waals surface area contributed by atoms with Crippen LogP contribution in [0.15, 0.2) is 48.8 Å². The van der Waals surface area contributed by atoms with Crippen molar-refractivity contribution in [1.82, 2.24) is 29.8 Å². The molecule has 1 aliphatic rings. The summed E-state index contributed by atoms with van der Waals surface area (Å²) in [6, 6.07) is 11.4. The van der Waals surface area contributed by atoms with E-state index in [1.54, 1.807) is 10.9 Å². The number of amides is 1. The molecule has 0 radical (unpaired) electrons. The maximum absolute atomic E-state index is 12.8. The highest BCUT2D eigenvalue weighted by atomic mass is 16.1.